The van der Waals surface area contributed by atoms with Gasteiger partial charge in [0, 0.05) is 11.3 Å². The molecule has 0 saturated heterocycles. The highest BCUT2D eigenvalue weighted by Crippen LogP contribution is 2.34. The van der Waals surface area contributed by atoms with E-state index in [1.54, 1.807) is 12.1 Å². The summed E-state index contributed by atoms with van der Waals surface area (Å²) >= 11 is 0. The predicted octanol–water partition coefficient (Wildman–Crippen LogP) is 4.43. The number of nitrogens with one attached hydrogen (secondary N) is 1. The van der Waals surface area contributed by atoms with E-state index in [1.165, 1.54) is 17.3 Å². The molecule has 1 heterocycles. The molecule has 2 aromatic carbocycles. The highest BCUT2D eigenvalue weighted by Gasteiger charge is 2.25. The van der Waals surface area contributed by atoms with Gasteiger partial charge in [0.1, 0.15) is 17.4 Å². The van der Waals surface area contributed by atoms with Gasteiger partial charge in [0.2, 0.25) is 0 Å². The molecule has 26 heavy (non-hydrogen) atoms. The minimum Gasteiger partial charge on any atom is -0.377 e. The number of halogens is 1. The molecule has 4 nitrogen and oxygen atoms in total. The molecule has 1 aliphatic rings. The molecule has 0 bridgehead atoms. The second kappa shape index (κ2) is 7.01. The predicted molar refractivity (Wildman–Crippen MR) is 98.2 cm³/mol. The van der Waals surface area contributed by atoms with Crippen LogP contribution < -0.4 is 5.32 Å². The Morgan fingerprint density at radius 2 is 2.04 bits per heavy atom. The molecular formula is C21H19FN4. The SMILES string of the molecule is N#Cc1c(F)cccc1N[C@@H]1CCCc2c1cnn2Cc1ccccc1. The number of benzene rings is 2. The number of fused-ring (bicyclic) bond motifs is 1. The van der Waals surface area contributed by atoms with E-state index in [4.69, 9.17) is 0 Å². The second-order valence-corrected chi connectivity index (χ2v) is 6.55. The van der Waals surface area contributed by atoms with Crippen molar-refractivity contribution < 1.29 is 4.39 Å². The van der Waals surface area contributed by atoms with Crippen molar-refractivity contribution in [3.05, 3.63) is 82.9 Å². The normalized spacial score (nSPS) is 15.9. The zero-order chi connectivity index (χ0) is 17.9. The number of aromatic nitrogens is 2. The number of nitriles is 1. The Bertz CT molecular complexity index is 956. The van der Waals surface area contributed by atoms with Gasteiger partial charge in [-0.1, -0.05) is 36.4 Å². The zero-order valence-electron chi connectivity index (χ0n) is 14.3. The second-order valence-electron chi connectivity index (χ2n) is 6.55. The molecule has 130 valence electrons. The van der Waals surface area contributed by atoms with Crippen molar-refractivity contribution in [3.63, 3.8) is 0 Å². The summed E-state index contributed by atoms with van der Waals surface area (Å²) in [7, 11) is 0. The van der Waals surface area contributed by atoms with E-state index < -0.39 is 5.82 Å². The maximum absolute atomic E-state index is 13.9. The minimum atomic E-state index is -0.492. The lowest BCUT2D eigenvalue weighted by Gasteiger charge is -2.25. The van der Waals surface area contributed by atoms with Gasteiger partial charge in [-0.2, -0.15) is 10.4 Å². The van der Waals surface area contributed by atoms with E-state index in [2.05, 4.69) is 27.2 Å². The van der Waals surface area contributed by atoms with Crippen molar-refractivity contribution in [2.45, 2.75) is 31.8 Å². The Morgan fingerprint density at radius 3 is 2.85 bits per heavy atom. The van der Waals surface area contributed by atoms with E-state index in [-0.39, 0.29) is 11.6 Å². The molecule has 0 fully saturated rings. The van der Waals surface area contributed by atoms with Crippen molar-refractivity contribution in [1.82, 2.24) is 9.78 Å². The molecule has 0 unspecified atom stereocenters. The third-order valence-corrected chi connectivity index (χ3v) is 4.89. The Balaban J connectivity index is 1.61. The van der Waals surface area contributed by atoms with Gasteiger partial charge >= 0.3 is 0 Å². The third kappa shape index (κ3) is 3.06. The molecule has 3 aromatic rings. The summed E-state index contributed by atoms with van der Waals surface area (Å²) < 4.78 is 15.9. The number of nitrogens with zero attached hydrogens (tertiary/aromatic N) is 3. The van der Waals surface area contributed by atoms with Crippen LogP contribution in [0.1, 0.15) is 41.3 Å². The molecule has 5 heteroatoms. The first-order valence-electron chi connectivity index (χ1n) is 8.80. The topological polar surface area (TPSA) is 53.6 Å². The summed E-state index contributed by atoms with van der Waals surface area (Å²) in [6, 6.07) is 17.0. The fourth-order valence-corrected chi connectivity index (χ4v) is 3.61. The van der Waals surface area contributed by atoms with Gasteiger partial charge in [0.25, 0.3) is 0 Å². The molecule has 0 amide bonds. The molecule has 1 N–H and O–H groups in total. The molecule has 0 radical (unpaired) electrons. The van der Waals surface area contributed by atoms with E-state index in [0.29, 0.717) is 5.69 Å². The largest absolute Gasteiger partial charge is 0.377 e. The standard InChI is InChI=1S/C21H19FN4/c22-18-8-4-9-19(16(18)12-23)25-20-10-5-11-21-17(20)13-24-26(21)14-15-6-2-1-3-7-15/h1-4,6-9,13,20,25H,5,10-11,14H2/t20-/m1/s1. The minimum absolute atomic E-state index is 0.0390. The molecular weight excluding hydrogens is 327 g/mol. The lowest BCUT2D eigenvalue weighted by molar-refractivity contribution is 0.556. The number of hydrogen-bond acceptors (Lipinski definition) is 3. The molecule has 1 atom stereocenters. The first-order chi connectivity index (χ1) is 12.8. The van der Waals surface area contributed by atoms with Crippen LogP contribution in [0.15, 0.2) is 54.7 Å². The van der Waals surface area contributed by atoms with Crippen LogP contribution in [0.5, 0.6) is 0 Å². The van der Waals surface area contributed by atoms with Crippen LogP contribution in [0.4, 0.5) is 10.1 Å². The van der Waals surface area contributed by atoms with Gasteiger partial charge in [-0.3, -0.25) is 4.68 Å². The zero-order valence-corrected chi connectivity index (χ0v) is 14.3. The average Bonchev–Trinajstić information content (AvgIpc) is 3.07. The van der Waals surface area contributed by atoms with Gasteiger partial charge < -0.3 is 5.32 Å². The van der Waals surface area contributed by atoms with Gasteiger partial charge in [-0.05, 0) is 37.0 Å². The van der Waals surface area contributed by atoms with Gasteiger partial charge in [-0.15, -0.1) is 0 Å². The molecule has 1 aliphatic carbocycles. The first-order valence-corrected chi connectivity index (χ1v) is 8.80. The van der Waals surface area contributed by atoms with Crippen LogP contribution in [0.25, 0.3) is 0 Å². The third-order valence-electron chi connectivity index (χ3n) is 4.89. The van der Waals surface area contributed by atoms with Crippen molar-refractivity contribution in [1.29, 1.82) is 5.26 Å². The maximum atomic E-state index is 13.9. The first kappa shape index (κ1) is 16.3. The fraction of sp³-hybridized carbons (Fsp3) is 0.238. The Morgan fingerprint density at radius 1 is 1.19 bits per heavy atom. The van der Waals surface area contributed by atoms with Gasteiger partial charge in [0.15, 0.2) is 0 Å². The highest BCUT2D eigenvalue weighted by atomic mass is 19.1. The van der Waals surface area contributed by atoms with Crippen LogP contribution in [-0.4, -0.2) is 9.78 Å². The fourth-order valence-electron chi connectivity index (χ4n) is 3.61. The van der Waals surface area contributed by atoms with Gasteiger partial charge in [0.05, 0.1) is 24.5 Å². The summed E-state index contributed by atoms with van der Waals surface area (Å²) in [6.45, 7) is 0.742. The van der Waals surface area contributed by atoms with Crippen molar-refractivity contribution in [2.75, 3.05) is 5.32 Å². The van der Waals surface area contributed by atoms with Gasteiger partial charge in [-0.25, -0.2) is 4.39 Å². The quantitative estimate of drug-likeness (QED) is 0.760. The smallest absolute Gasteiger partial charge is 0.143 e. The summed E-state index contributed by atoms with van der Waals surface area (Å²) in [4.78, 5) is 0. The lowest BCUT2D eigenvalue weighted by Crippen LogP contribution is -2.19. The maximum Gasteiger partial charge on any atom is 0.143 e. The van der Waals surface area contributed by atoms with E-state index in [9.17, 15) is 9.65 Å². The number of hydrogen-bond donors (Lipinski definition) is 1. The number of rotatable bonds is 4. The molecule has 0 saturated carbocycles. The van der Waals surface area contributed by atoms with Crippen molar-refractivity contribution >= 4 is 5.69 Å². The van der Waals surface area contributed by atoms with Crippen LogP contribution in [0.3, 0.4) is 0 Å². The summed E-state index contributed by atoms with van der Waals surface area (Å²) in [6.07, 6.45) is 4.85. The molecule has 0 aliphatic heterocycles. The molecule has 0 spiro atoms. The van der Waals surface area contributed by atoms with Crippen LogP contribution in [0.2, 0.25) is 0 Å². The van der Waals surface area contributed by atoms with Crippen LogP contribution in [0, 0.1) is 17.1 Å². The average molecular weight is 346 g/mol. The van der Waals surface area contributed by atoms with E-state index >= 15 is 0 Å². The van der Waals surface area contributed by atoms with Crippen LogP contribution in [-0.2, 0) is 13.0 Å². The Labute approximate surface area is 151 Å². The summed E-state index contributed by atoms with van der Waals surface area (Å²) in [5.41, 5.74) is 4.18. The van der Waals surface area contributed by atoms with E-state index in [0.717, 1.165) is 31.4 Å². The Kier molecular flexibility index (Phi) is 4.40. The molecule has 4 rings (SSSR count). The summed E-state index contributed by atoms with van der Waals surface area (Å²) in [5.74, 6) is -0.492. The highest BCUT2D eigenvalue weighted by molar-refractivity contribution is 5.59. The Hall–Kier alpha value is -3.13. The van der Waals surface area contributed by atoms with Crippen molar-refractivity contribution in [3.8, 4) is 6.07 Å². The lowest BCUT2D eigenvalue weighted by atomic mass is 9.92. The summed E-state index contributed by atoms with van der Waals surface area (Å²) in [5, 5.41) is 17.2. The van der Waals surface area contributed by atoms with Crippen molar-refractivity contribution in [2.24, 2.45) is 0 Å². The van der Waals surface area contributed by atoms with E-state index in [1.807, 2.05) is 30.5 Å². The molecule has 1 aromatic heterocycles. The van der Waals surface area contributed by atoms with Crippen LogP contribution >= 0.6 is 0 Å². The number of anilines is 1. The monoisotopic (exact) mass is 346 g/mol.